The number of H-pyrrole nitrogens is 1. The Morgan fingerprint density at radius 1 is 1.06 bits per heavy atom. The lowest BCUT2D eigenvalue weighted by Gasteiger charge is -2.17. The number of imidazole rings is 1. The Morgan fingerprint density at radius 3 is 2.50 bits per heavy atom. The second kappa shape index (κ2) is 5.13. The van der Waals surface area contributed by atoms with Gasteiger partial charge in [0.15, 0.2) is 0 Å². The van der Waals surface area contributed by atoms with Crippen molar-refractivity contribution >= 4 is 11.0 Å². The molecule has 3 rings (SSSR count). The molecule has 0 atom stereocenters. The number of hydrogen-bond acceptors (Lipinski definition) is 1. The van der Waals surface area contributed by atoms with E-state index in [1.165, 1.54) is 61.9 Å². The minimum atomic E-state index is 0.650. The summed E-state index contributed by atoms with van der Waals surface area (Å²) in [6.07, 6.45) is 9.55. The number of nitrogens with zero attached hydrogens (tertiary/aromatic N) is 1. The van der Waals surface area contributed by atoms with Gasteiger partial charge in [-0.3, -0.25) is 0 Å². The van der Waals surface area contributed by atoms with Crippen LogP contribution in [0.1, 0.15) is 62.3 Å². The summed E-state index contributed by atoms with van der Waals surface area (Å²) in [6.45, 7) is 2.14. The first kappa shape index (κ1) is 11.8. The average Bonchev–Trinajstić information content (AvgIpc) is 2.73. The first-order valence-corrected chi connectivity index (χ1v) is 7.30. The fourth-order valence-electron chi connectivity index (χ4n) is 3.12. The summed E-state index contributed by atoms with van der Waals surface area (Å²) in [4.78, 5) is 8.40. The molecule has 0 unspecified atom stereocenters. The number of fused-ring (bicyclic) bond motifs is 1. The molecule has 0 bridgehead atoms. The van der Waals surface area contributed by atoms with Crippen molar-refractivity contribution in [2.45, 2.75) is 57.8 Å². The molecule has 1 N–H and O–H groups in total. The summed E-state index contributed by atoms with van der Waals surface area (Å²) in [6, 6.07) is 6.39. The number of hydrogen-bond donors (Lipinski definition) is 1. The molecule has 1 heterocycles. The van der Waals surface area contributed by atoms with E-state index in [0.29, 0.717) is 5.92 Å². The largest absolute Gasteiger partial charge is 0.342 e. The van der Waals surface area contributed by atoms with Gasteiger partial charge < -0.3 is 4.98 Å². The van der Waals surface area contributed by atoms with E-state index >= 15 is 0 Å². The Hall–Kier alpha value is -1.31. The van der Waals surface area contributed by atoms with E-state index in [0.717, 1.165) is 5.52 Å². The van der Waals surface area contributed by atoms with Crippen LogP contribution in [0.3, 0.4) is 0 Å². The lowest BCUT2D eigenvalue weighted by Crippen LogP contribution is -2.04. The van der Waals surface area contributed by atoms with Gasteiger partial charge in [-0.05, 0) is 31.4 Å². The molecule has 0 radical (unpaired) electrons. The quantitative estimate of drug-likeness (QED) is 0.771. The summed E-state index contributed by atoms with van der Waals surface area (Å²) in [5.74, 6) is 1.87. The SMILES string of the molecule is Cc1cccc2[nH]c(C3CCCCCCC3)nc12. The van der Waals surface area contributed by atoms with Crippen molar-refractivity contribution in [2.24, 2.45) is 0 Å². The highest BCUT2D eigenvalue weighted by atomic mass is 14.9. The molecule has 0 amide bonds. The summed E-state index contributed by atoms with van der Waals surface area (Å²) < 4.78 is 0. The number of aryl methyl sites for hydroxylation is 1. The van der Waals surface area contributed by atoms with Crippen LogP contribution in [0, 0.1) is 6.92 Å². The van der Waals surface area contributed by atoms with E-state index in [-0.39, 0.29) is 0 Å². The van der Waals surface area contributed by atoms with Crippen molar-refractivity contribution in [1.82, 2.24) is 9.97 Å². The first-order chi connectivity index (χ1) is 8.84. The van der Waals surface area contributed by atoms with Crippen LogP contribution >= 0.6 is 0 Å². The van der Waals surface area contributed by atoms with Gasteiger partial charge in [0.2, 0.25) is 0 Å². The van der Waals surface area contributed by atoms with Gasteiger partial charge in [-0.2, -0.15) is 0 Å². The van der Waals surface area contributed by atoms with Gasteiger partial charge in [0.05, 0.1) is 11.0 Å². The standard InChI is InChI=1S/C16H22N2/c1-12-8-7-11-14-15(12)18-16(17-14)13-9-5-3-2-4-6-10-13/h7-8,11,13H,2-6,9-10H2,1H3,(H,17,18). The van der Waals surface area contributed by atoms with Gasteiger partial charge in [-0.1, -0.05) is 44.2 Å². The number of aromatic amines is 1. The van der Waals surface area contributed by atoms with Crippen LogP contribution in [0.15, 0.2) is 18.2 Å². The summed E-state index contributed by atoms with van der Waals surface area (Å²) in [5, 5.41) is 0. The van der Waals surface area contributed by atoms with Gasteiger partial charge in [0.1, 0.15) is 5.82 Å². The van der Waals surface area contributed by atoms with Gasteiger partial charge in [-0.25, -0.2) is 4.98 Å². The lowest BCUT2D eigenvalue weighted by atomic mass is 9.91. The van der Waals surface area contributed by atoms with Crippen LogP contribution in [0.4, 0.5) is 0 Å². The number of nitrogens with one attached hydrogen (secondary N) is 1. The van der Waals surface area contributed by atoms with Crippen LogP contribution in [-0.4, -0.2) is 9.97 Å². The number of rotatable bonds is 1. The molecule has 0 saturated heterocycles. The molecular formula is C16H22N2. The van der Waals surface area contributed by atoms with Crippen LogP contribution in [-0.2, 0) is 0 Å². The summed E-state index contributed by atoms with van der Waals surface area (Å²) in [5.41, 5.74) is 3.64. The third-order valence-corrected chi connectivity index (χ3v) is 4.22. The van der Waals surface area contributed by atoms with E-state index in [2.05, 4.69) is 30.1 Å². The molecule has 1 saturated carbocycles. The van der Waals surface area contributed by atoms with Gasteiger partial charge in [0.25, 0.3) is 0 Å². The zero-order valence-corrected chi connectivity index (χ0v) is 11.2. The van der Waals surface area contributed by atoms with Crippen molar-refractivity contribution in [1.29, 1.82) is 0 Å². The highest BCUT2D eigenvalue weighted by molar-refractivity contribution is 5.78. The van der Waals surface area contributed by atoms with Crippen molar-refractivity contribution in [3.05, 3.63) is 29.6 Å². The van der Waals surface area contributed by atoms with Crippen LogP contribution < -0.4 is 0 Å². The monoisotopic (exact) mass is 242 g/mol. The smallest absolute Gasteiger partial charge is 0.110 e. The predicted octanol–water partition coefficient (Wildman–Crippen LogP) is 4.70. The molecule has 2 heteroatoms. The van der Waals surface area contributed by atoms with E-state index in [4.69, 9.17) is 4.98 Å². The molecular weight excluding hydrogens is 220 g/mol. The Balaban J connectivity index is 1.90. The normalized spacial score (nSPS) is 18.7. The third kappa shape index (κ3) is 2.29. The van der Waals surface area contributed by atoms with Gasteiger partial charge in [-0.15, -0.1) is 0 Å². The van der Waals surface area contributed by atoms with Crippen LogP contribution in [0.25, 0.3) is 11.0 Å². The van der Waals surface area contributed by atoms with Crippen LogP contribution in [0.2, 0.25) is 0 Å². The Morgan fingerprint density at radius 2 is 1.78 bits per heavy atom. The fourth-order valence-corrected chi connectivity index (χ4v) is 3.12. The van der Waals surface area contributed by atoms with E-state index in [1.54, 1.807) is 0 Å². The minimum Gasteiger partial charge on any atom is -0.342 e. The second-order valence-electron chi connectivity index (χ2n) is 5.64. The average molecular weight is 242 g/mol. The number of para-hydroxylation sites is 1. The minimum absolute atomic E-state index is 0.650. The molecule has 1 fully saturated rings. The highest BCUT2D eigenvalue weighted by Gasteiger charge is 2.17. The zero-order valence-electron chi connectivity index (χ0n) is 11.2. The lowest BCUT2D eigenvalue weighted by molar-refractivity contribution is 0.445. The second-order valence-corrected chi connectivity index (χ2v) is 5.64. The summed E-state index contributed by atoms with van der Waals surface area (Å²) in [7, 11) is 0. The van der Waals surface area contributed by atoms with Crippen molar-refractivity contribution in [3.63, 3.8) is 0 Å². The molecule has 2 nitrogen and oxygen atoms in total. The van der Waals surface area contributed by atoms with Gasteiger partial charge >= 0.3 is 0 Å². The molecule has 1 aliphatic rings. The summed E-state index contributed by atoms with van der Waals surface area (Å²) >= 11 is 0. The molecule has 0 aliphatic heterocycles. The fraction of sp³-hybridized carbons (Fsp3) is 0.562. The van der Waals surface area contributed by atoms with Crippen LogP contribution in [0.5, 0.6) is 0 Å². The predicted molar refractivity (Wildman–Crippen MR) is 75.9 cm³/mol. The highest BCUT2D eigenvalue weighted by Crippen LogP contribution is 2.30. The van der Waals surface area contributed by atoms with E-state index in [1.807, 2.05) is 0 Å². The topological polar surface area (TPSA) is 28.7 Å². The maximum Gasteiger partial charge on any atom is 0.110 e. The maximum atomic E-state index is 4.85. The zero-order chi connectivity index (χ0) is 12.4. The van der Waals surface area contributed by atoms with Crippen molar-refractivity contribution in [2.75, 3.05) is 0 Å². The molecule has 1 aromatic carbocycles. The Bertz CT molecular complexity index is 519. The molecule has 0 spiro atoms. The molecule has 18 heavy (non-hydrogen) atoms. The molecule has 2 aromatic rings. The Kier molecular flexibility index (Phi) is 3.35. The molecule has 1 aromatic heterocycles. The molecule has 1 aliphatic carbocycles. The van der Waals surface area contributed by atoms with Crippen molar-refractivity contribution in [3.8, 4) is 0 Å². The Labute approximate surface area is 109 Å². The maximum absolute atomic E-state index is 4.85. The number of benzene rings is 1. The molecule has 96 valence electrons. The van der Waals surface area contributed by atoms with E-state index in [9.17, 15) is 0 Å². The third-order valence-electron chi connectivity index (χ3n) is 4.22. The van der Waals surface area contributed by atoms with Gasteiger partial charge in [0, 0.05) is 5.92 Å². The van der Waals surface area contributed by atoms with Crippen molar-refractivity contribution < 1.29 is 0 Å². The number of aromatic nitrogens is 2. The first-order valence-electron chi connectivity index (χ1n) is 7.30. The van der Waals surface area contributed by atoms with E-state index < -0.39 is 0 Å².